The van der Waals surface area contributed by atoms with Crippen molar-refractivity contribution < 1.29 is 9.66 Å². The Morgan fingerprint density at radius 1 is 1.43 bits per heavy atom. The van der Waals surface area contributed by atoms with Crippen LogP contribution in [0.4, 0.5) is 11.5 Å². The Kier molecular flexibility index (Phi) is 5.44. The molecule has 124 valence electrons. The van der Waals surface area contributed by atoms with Crippen LogP contribution in [0.5, 0.6) is 5.75 Å². The van der Waals surface area contributed by atoms with Crippen molar-refractivity contribution >= 4 is 23.1 Å². The molecule has 23 heavy (non-hydrogen) atoms. The number of ether oxygens (including phenoxy) is 1. The zero-order valence-corrected chi connectivity index (χ0v) is 14.1. The van der Waals surface area contributed by atoms with Gasteiger partial charge in [0.15, 0.2) is 0 Å². The lowest BCUT2D eigenvalue weighted by molar-refractivity contribution is -0.384. The minimum absolute atomic E-state index is 0.0157. The van der Waals surface area contributed by atoms with Crippen molar-refractivity contribution in [2.24, 2.45) is 7.05 Å². The van der Waals surface area contributed by atoms with Crippen molar-refractivity contribution in [1.29, 1.82) is 0 Å². The third-order valence-corrected chi connectivity index (χ3v) is 3.62. The second-order valence-corrected chi connectivity index (χ2v) is 5.64. The fourth-order valence-corrected chi connectivity index (χ4v) is 2.53. The first kappa shape index (κ1) is 17.1. The summed E-state index contributed by atoms with van der Waals surface area (Å²) in [6.07, 6.45) is 0.698. The summed E-state index contributed by atoms with van der Waals surface area (Å²) in [6, 6.07) is 5.46. The minimum Gasteiger partial charge on any atom is -0.493 e. The molecule has 0 saturated carbocycles. The second-order valence-electron chi connectivity index (χ2n) is 5.20. The third-order valence-electron chi connectivity index (χ3n) is 3.38. The van der Waals surface area contributed by atoms with Crippen molar-refractivity contribution in [2.45, 2.75) is 20.3 Å². The quantitative estimate of drug-likeness (QED) is 0.475. The molecule has 0 bridgehead atoms. The number of nitrogens with one attached hydrogen (secondary N) is 1. The summed E-state index contributed by atoms with van der Waals surface area (Å²) in [6.45, 7) is 4.60. The van der Waals surface area contributed by atoms with Crippen molar-refractivity contribution in [2.75, 3.05) is 18.5 Å². The molecule has 0 unspecified atom stereocenters. The first-order valence-corrected chi connectivity index (χ1v) is 7.58. The molecule has 0 amide bonds. The Morgan fingerprint density at radius 3 is 2.83 bits per heavy atom. The molecular formula is C15H19ClN4O3. The Hall–Kier alpha value is -2.28. The molecule has 0 saturated heterocycles. The van der Waals surface area contributed by atoms with Gasteiger partial charge < -0.3 is 10.1 Å². The maximum absolute atomic E-state index is 11.1. The number of benzene rings is 1. The Labute approximate surface area is 139 Å². The second kappa shape index (κ2) is 7.32. The van der Waals surface area contributed by atoms with E-state index in [1.165, 1.54) is 4.68 Å². The number of halogens is 1. The van der Waals surface area contributed by atoms with Gasteiger partial charge in [-0.2, -0.15) is 5.10 Å². The van der Waals surface area contributed by atoms with Gasteiger partial charge in [0, 0.05) is 18.6 Å². The molecule has 1 N–H and O–H groups in total. The van der Waals surface area contributed by atoms with Gasteiger partial charge in [0.2, 0.25) is 5.82 Å². The predicted molar refractivity (Wildman–Crippen MR) is 89.4 cm³/mol. The summed E-state index contributed by atoms with van der Waals surface area (Å²) >= 11 is 5.90. The van der Waals surface area contributed by atoms with Gasteiger partial charge in [-0.25, -0.2) is 4.68 Å². The lowest BCUT2D eigenvalue weighted by Crippen LogP contribution is -2.11. The van der Waals surface area contributed by atoms with Crippen molar-refractivity contribution in [3.05, 3.63) is 44.6 Å². The van der Waals surface area contributed by atoms with E-state index in [4.69, 9.17) is 16.3 Å². The molecule has 1 aromatic heterocycles. The first-order valence-electron chi connectivity index (χ1n) is 7.21. The first-order chi connectivity index (χ1) is 10.9. The van der Waals surface area contributed by atoms with Gasteiger partial charge in [0.25, 0.3) is 0 Å². The maximum atomic E-state index is 11.1. The molecule has 0 atom stereocenters. The highest BCUT2D eigenvalue weighted by molar-refractivity contribution is 6.30. The van der Waals surface area contributed by atoms with Gasteiger partial charge in [-0.15, -0.1) is 0 Å². The highest BCUT2D eigenvalue weighted by atomic mass is 35.5. The SMILES string of the molecule is Cc1cc(Cl)ccc1OCCCNc1c([N+](=O)[O-])c(C)nn1C. The van der Waals surface area contributed by atoms with Crippen LogP contribution >= 0.6 is 11.6 Å². The lowest BCUT2D eigenvalue weighted by Gasteiger charge is -2.10. The van der Waals surface area contributed by atoms with Gasteiger partial charge >= 0.3 is 5.69 Å². The number of anilines is 1. The summed E-state index contributed by atoms with van der Waals surface area (Å²) in [7, 11) is 1.68. The topological polar surface area (TPSA) is 82.2 Å². The van der Waals surface area contributed by atoms with Crippen LogP contribution in [0.15, 0.2) is 18.2 Å². The van der Waals surface area contributed by atoms with Crippen LogP contribution < -0.4 is 10.1 Å². The molecule has 1 heterocycles. The number of hydrogen-bond acceptors (Lipinski definition) is 5. The fraction of sp³-hybridized carbons (Fsp3) is 0.400. The van der Waals surface area contributed by atoms with Gasteiger partial charge in [-0.1, -0.05) is 11.6 Å². The molecule has 0 spiro atoms. The van der Waals surface area contributed by atoms with Crippen molar-refractivity contribution in [3.8, 4) is 5.75 Å². The molecule has 0 aliphatic carbocycles. The average molecular weight is 339 g/mol. The molecule has 1 aromatic carbocycles. The van der Waals surface area contributed by atoms with E-state index in [-0.39, 0.29) is 5.69 Å². The van der Waals surface area contributed by atoms with Gasteiger partial charge in [0.05, 0.1) is 11.5 Å². The van der Waals surface area contributed by atoms with Crippen LogP contribution in [0.1, 0.15) is 17.7 Å². The zero-order valence-electron chi connectivity index (χ0n) is 13.3. The highest BCUT2D eigenvalue weighted by Crippen LogP contribution is 2.27. The molecule has 0 aliphatic rings. The molecule has 2 aromatic rings. The van der Waals surface area contributed by atoms with Crippen LogP contribution in [-0.2, 0) is 7.05 Å². The predicted octanol–water partition coefficient (Wildman–Crippen LogP) is 3.48. The number of nitrogens with zero attached hydrogens (tertiary/aromatic N) is 3. The Bertz CT molecular complexity index is 715. The van der Waals surface area contributed by atoms with Crippen molar-refractivity contribution in [3.63, 3.8) is 0 Å². The van der Waals surface area contributed by atoms with E-state index < -0.39 is 4.92 Å². The number of rotatable bonds is 7. The lowest BCUT2D eigenvalue weighted by atomic mass is 10.2. The normalized spacial score (nSPS) is 10.6. The molecule has 2 rings (SSSR count). The van der Waals surface area contributed by atoms with Gasteiger partial charge in [-0.05, 0) is 44.0 Å². The van der Waals surface area contributed by atoms with Crippen molar-refractivity contribution in [1.82, 2.24) is 9.78 Å². The van der Waals surface area contributed by atoms with Crippen LogP contribution in [0, 0.1) is 24.0 Å². The smallest absolute Gasteiger partial charge is 0.333 e. The number of hydrogen-bond donors (Lipinski definition) is 1. The number of nitro groups is 1. The largest absolute Gasteiger partial charge is 0.493 e. The molecular weight excluding hydrogens is 320 g/mol. The minimum atomic E-state index is -0.418. The number of aromatic nitrogens is 2. The van der Waals surface area contributed by atoms with Crippen LogP contribution in [0.3, 0.4) is 0 Å². The fourth-order valence-electron chi connectivity index (χ4n) is 2.30. The summed E-state index contributed by atoms with van der Waals surface area (Å²) in [5.41, 5.74) is 1.39. The van der Waals surface area contributed by atoms with Gasteiger partial charge in [-0.3, -0.25) is 10.1 Å². The van der Waals surface area contributed by atoms with Gasteiger partial charge in [0.1, 0.15) is 11.4 Å². The van der Waals surface area contributed by atoms with E-state index in [1.54, 1.807) is 20.0 Å². The summed E-state index contributed by atoms with van der Waals surface area (Å²) < 4.78 is 7.17. The Morgan fingerprint density at radius 2 is 2.17 bits per heavy atom. The molecule has 8 heteroatoms. The Balaban J connectivity index is 1.85. The summed E-state index contributed by atoms with van der Waals surface area (Å²) in [4.78, 5) is 10.7. The summed E-state index contributed by atoms with van der Waals surface area (Å²) in [5, 5.41) is 18.9. The molecule has 0 radical (unpaired) electrons. The maximum Gasteiger partial charge on any atom is 0.333 e. The average Bonchev–Trinajstić information content (AvgIpc) is 2.75. The molecule has 0 aliphatic heterocycles. The molecule has 0 fully saturated rings. The standard InChI is InChI=1S/C15H19ClN4O3/c1-10-9-12(16)5-6-13(10)23-8-4-7-17-15-14(20(21)22)11(2)18-19(15)3/h5-6,9,17H,4,7-8H2,1-3H3. The van der Waals surface area contributed by atoms with E-state index in [0.717, 1.165) is 11.3 Å². The third kappa shape index (κ3) is 4.13. The van der Waals surface area contributed by atoms with E-state index >= 15 is 0 Å². The van der Waals surface area contributed by atoms with Crippen LogP contribution in [0.25, 0.3) is 0 Å². The monoisotopic (exact) mass is 338 g/mol. The highest BCUT2D eigenvalue weighted by Gasteiger charge is 2.23. The number of aryl methyl sites for hydroxylation is 3. The summed E-state index contributed by atoms with van der Waals surface area (Å²) in [5.74, 6) is 1.20. The molecule has 7 nitrogen and oxygen atoms in total. The van der Waals surface area contributed by atoms with E-state index in [9.17, 15) is 10.1 Å². The van der Waals surface area contributed by atoms with Crippen LogP contribution in [0.2, 0.25) is 5.02 Å². The van der Waals surface area contributed by atoms with E-state index in [1.807, 2.05) is 19.1 Å². The zero-order chi connectivity index (χ0) is 17.0. The van der Waals surface area contributed by atoms with E-state index in [2.05, 4.69) is 10.4 Å². The van der Waals surface area contributed by atoms with E-state index in [0.29, 0.717) is 36.1 Å². The van der Waals surface area contributed by atoms with Crippen LogP contribution in [-0.4, -0.2) is 27.9 Å².